The van der Waals surface area contributed by atoms with Crippen LogP contribution >= 0.6 is 0 Å². The number of hydrogen-bond acceptors (Lipinski definition) is 9. The van der Waals surface area contributed by atoms with Crippen LogP contribution in [-0.2, 0) is 16.9 Å². The summed E-state index contributed by atoms with van der Waals surface area (Å²) in [6.07, 6.45) is 4.88. The second-order valence-electron chi connectivity index (χ2n) is 13.3. The molecule has 12 nitrogen and oxygen atoms in total. The lowest BCUT2D eigenvalue weighted by molar-refractivity contribution is -0.0206. The van der Waals surface area contributed by atoms with Crippen molar-refractivity contribution in [2.45, 2.75) is 58.4 Å². The molecule has 2 aliphatic heterocycles. The van der Waals surface area contributed by atoms with E-state index < -0.39 is 23.3 Å². The van der Waals surface area contributed by atoms with Crippen molar-refractivity contribution in [3.63, 3.8) is 0 Å². The lowest BCUT2D eigenvalue weighted by Gasteiger charge is -2.37. The fourth-order valence-electron chi connectivity index (χ4n) is 7.24. The van der Waals surface area contributed by atoms with Crippen LogP contribution in [0.5, 0.6) is 5.75 Å². The van der Waals surface area contributed by atoms with Crippen molar-refractivity contribution in [1.29, 1.82) is 0 Å². The molecule has 2 aliphatic rings. The van der Waals surface area contributed by atoms with E-state index in [2.05, 4.69) is 37.1 Å². The van der Waals surface area contributed by atoms with Gasteiger partial charge >= 0.3 is 5.69 Å². The van der Waals surface area contributed by atoms with E-state index in [1.165, 1.54) is 34.0 Å². The van der Waals surface area contributed by atoms with Crippen molar-refractivity contribution >= 4 is 11.4 Å². The first-order valence-electron chi connectivity index (χ1n) is 17.3. The highest BCUT2D eigenvalue weighted by Crippen LogP contribution is 2.42. The minimum Gasteiger partial charge on any atom is -0.493 e. The van der Waals surface area contributed by atoms with Crippen molar-refractivity contribution in [3.05, 3.63) is 113 Å². The van der Waals surface area contributed by atoms with Gasteiger partial charge in [-0.3, -0.25) is 0 Å². The second-order valence-corrected chi connectivity index (χ2v) is 13.3. The number of rotatable bonds is 12. The van der Waals surface area contributed by atoms with Crippen molar-refractivity contribution in [2.24, 2.45) is 5.92 Å². The van der Waals surface area contributed by atoms with Gasteiger partial charge in [-0.05, 0) is 74.4 Å². The topological polar surface area (TPSA) is 116 Å². The Bertz CT molecular complexity index is 1960. The van der Waals surface area contributed by atoms with Crippen LogP contribution in [0.3, 0.4) is 0 Å². The average molecular weight is 717 g/mol. The Morgan fingerprint density at radius 3 is 2.19 bits per heavy atom. The van der Waals surface area contributed by atoms with Crippen LogP contribution in [0.2, 0.25) is 0 Å². The van der Waals surface area contributed by atoms with E-state index in [4.69, 9.17) is 9.47 Å². The Balaban J connectivity index is 0.00000464. The third-order valence-corrected chi connectivity index (χ3v) is 9.96. The van der Waals surface area contributed by atoms with Crippen LogP contribution in [0, 0.1) is 17.6 Å². The first-order valence-corrected chi connectivity index (χ1v) is 17.3. The molecule has 1 N–H and O–H groups in total. The molecular formula is C38H46F2N8O4. The molecule has 14 heteroatoms. The van der Waals surface area contributed by atoms with Gasteiger partial charge in [-0.15, -0.1) is 0 Å². The molecule has 7 rings (SSSR count). The largest absolute Gasteiger partial charge is 0.493 e. The summed E-state index contributed by atoms with van der Waals surface area (Å²) in [5.74, 6) is -0.563. The van der Waals surface area contributed by atoms with Crippen molar-refractivity contribution in [1.82, 2.24) is 29.1 Å². The van der Waals surface area contributed by atoms with E-state index in [0.717, 1.165) is 55.1 Å². The van der Waals surface area contributed by atoms with Gasteiger partial charge in [0.15, 0.2) is 0 Å². The zero-order valence-corrected chi connectivity index (χ0v) is 28.7. The molecule has 0 bridgehead atoms. The summed E-state index contributed by atoms with van der Waals surface area (Å²) >= 11 is 0. The minimum atomic E-state index is -1.02. The van der Waals surface area contributed by atoms with Gasteiger partial charge in [-0.1, -0.05) is 20.4 Å². The first-order chi connectivity index (χ1) is 24.7. The number of ether oxygens (including phenoxy) is 2. The maximum atomic E-state index is 15.0. The number of halogens is 2. The van der Waals surface area contributed by atoms with Crippen molar-refractivity contribution in [2.75, 3.05) is 49.2 Å². The van der Waals surface area contributed by atoms with E-state index in [1.807, 2.05) is 43.3 Å². The molecule has 3 aromatic carbocycles. The van der Waals surface area contributed by atoms with Crippen LogP contribution in [0.4, 0.5) is 20.2 Å². The zero-order chi connectivity index (χ0) is 35.5. The Labute approximate surface area is 301 Å². The van der Waals surface area contributed by atoms with Crippen LogP contribution < -0.4 is 20.2 Å². The molecule has 276 valence electrons. The predicted octanol–water partition coefficient (Wildman–Crippen LogP) is 5.21. The summed E-state index contributed by atoms with van der Waals surface area (Å²) in [6, 6.07) is 19.2. The highest BCUT2D eigenvalue weighted by atomic mass is 19.1. The molecular weight excluding hydrogens is 670 g/mol. The number of anilines is 2. The van der Waals surface area contributed by atoms with Gasteiger partial charge in [0, 0.05) is 55.1 Å². The number of aliphatic hydroxyl groups is 1. The van der Waals surface area contributed by atoms with E-state index in [1.54, 1.807) is 17.9 Å². The quantitative estimate of drug-likeness (QED) is 0.186. The van der Waals surface area contributed by atoms with Crippen LogP contribution in [0.25, 0.3) is 5.69 Å². The molecule has 2 fully saturated rings. The number of aliphatic hydroxyl groups excluding tert-OH is 1. The molecule has 0 saturated carbocycles. The Kier molecular flexibility index (Phi) is 11.1. The predicted molar refractivity (Wildman–Crippen MR) is 194 cm³/mol. The third kappa shape index (κ3) is 7.58. The first kappa shape index (κ1) is 36.7. The summed E-state index contributed by atoms with van der Waals surface area (Å²) in [5, 5.41) is 18.5. The van der Waals surface area contributed by atoms with Crippen molar-refractivity contribution < 1.29 is 23.4 Å². The van der Waals surface area contributed by atoms with Gasteiger partial charge in [0.05, 0.1) is 37.6 Å². The number of benzene rings is 3. The Morgan fingerprint density at radius 1 is 0.942 bits per heavy atom. The SMILES string of the molecule is C.CCC([C@H](C)O)n1ncn(-c2ccc(N3CCN(c4ccc(OC[C@@H]5CO[C@@](Cn6cncn6)(c6ccc(F)cc6F)C5)cc4)CC3)cc2)c1=O. The summed E-state index contributed by atoms with van der Waals surface area (Å²) in [5.41, 5.74) is 1.93. The number of aromatic nitrogens is 6. The fraction of sp³-hybridized carbons (Fsp3) is 0.421. The summed E-state index contributed by atoms with van der Waals surface area (Å²) in [6.45, 7) is 7.97. The lowest BCUT2D eigenvalue weighted by atomic mass is 9.87. The van der Waals surface area contributed by atoms with Crippen LogP contribution in [-0.4, -0.2) is 79.7 Å². The van der Waals surface area contributed by atoms with Crippen LogP contribution in [0.15, 0.2) is 90.5 Å². The summed E-state index contributed by atoms with van der Waals surface area (Å²) in [7, 11) is 0. The van der Waals surface area contributed by atoms with E-state index in [9.17, 15) is 18.7 Å². The zero-order valence-electron chi connectivity index (χ0n) is 28.7. The average Bonchev–Trinajstić information content (AvgIpc) is 3.90. The minimum absolute atomic E-state index is 0. The molecule has 4 atom stereocenters. The molecule has 52 heavy (non-hydrogen) atoms. The van der Waals surface area contributed by atoms with Crippen LogP contribution in [0.1, 0.15) is 45.7 Å². The molecule has 0 aliphatic carbocycles. The highest BCUT2D eigenvalue weighted by Gasteiger charge is 2.44. The van der Waals surface area contributed by atoms with Gasteiger partial charge in [0.25, 0.3) is 0 Å². The van der Waals surface area contributed by atoms with E-state index >= 15 is 0 Å². The summed E-state index contributed by atoms with van der Waals surface area (Å²) < 4.78 is 45.6. The molecule has 5 aromatic rings. The highest BCUT2D eigenvalue weighted by molar-refractivity contribution is 5.54. The maximum Gasteiger partial charge on any atom is 0.350 e. The number of hydrogen-bond donors (Lipinski definition) is 1. The Morgan fingerprint density at radius 2 is 1.60 bits per heavy atom. The molecule has 0 spiro atoms. The monoisotopic (exact) mass is 716 g/mol. The molecule has 1 unspecified atom stereocenters. The molecule has 0 amide bonds. The molecule has 0 radical (unpaired) electrons. The van der Waals surface area contributed by atoms with Gasteiger partial charge in [-0.2, -0.15) is 10.2 Å². The number of nitrogens with zero attached hydrogens (tertiary/aromatic N) is 8. The maximum absolute atomic E-state index is 15.0. The van der Waals surface area contributed by atoms with Gasteiger partial charge in [0.2, 0.25) is 0 Å². The summed E-state index contributed by atoms with van der Waals surface area (Å²) in [4.78, 5) is 21.7. The fourth-order valence-corrected chi connectivity index (χ4v) is 7.24. The van der Waals surface area contributed by atoms with Gasteiger partial charge in [-0.25, -0.2) is 32.5 Å². The number of piperazine rings is 1. The molecule has 4 heterocycles. The second kappa shape index (κ2) is 15.7. The van der Waals surface area contributed by atoms with E-state index in [-0.39, 0.29) is 31.6 Å². The normalized spacial score (nSPS) is 20.1. The van der Waals surface area contributed by atoms with Gasteiger partial charge in [0.1, 0.15) is 42.0 Å². The third-order valence-electron chi connectivity index (χ3n) is 9.96. The molecule has 2 aromatic heterocycles. The van der Waals surface area contributed by atoms with Crippen molar-refractivity contribution in [3.8, 4) is 11.4 Å². The molecule has 2 saturated heterocycles. The standard InChI is InChI=1S/C37H42F2N8O4.CH4/c1-3-35(26(2)48)47-36(49)46(25-42-47)31-7-5-29(6-8-31)43-14-16-44(17-15-43)30-9-11-32(12-10-30)50-20-27-19-37(51-21-27,22-45-24-40-23-41-45)33-13-4-28(38)18-34(33)39;/h4-13,18,23-27,35,48H,3,14-17,19-22H2,1-2H3;1H4/t26-,27+,35?,37-;/m0./s1. The smallest absolute Gasteiger partial charge is 0.350 e. The van der Waals surface area contributed by atoms with Gasteiger partial charge < -0.3 is 24.4 Å². The Hall–Kier alpha value is -5.08. The lowest BCUT2D eigenvalue weighted by Crippen LogP contribution is -2.46. The van der Waals surface area contributed by atoms with E-state index in [0.29, 0.717) is 31.6 Å².